The van der Waals surface area contributed by atoms with Crippen LogP contribution in [0.1, 0.15) is 93.4 Å². The summed E-state index contributed by atoms with van der Waals surface area (Å²) in [5.74, 6) is -0.550. The molecule has 36 heavy (non-hydrogen) atoms. The number of Topliss-reactive ketones (excluding diaryl/α,β-unsaturated/α-hetero) is 1. The Bertz CT molecular complexity index is 1000. The molecule has 1 saturated carbocycles. The van der Waals surface area contributed by atoms with E-state index < -0.39 is 12.0 Å². The third-order valence-electron chi connectivity index (χ3n) is 8.17. The quantitative estimate of drug-likeness (QED) is 0.177. The Balaban J connectivity index is 1.57. The van der Waals surface area contributed by atoms with Crippen LogP contribution in [-0.2, 0) is 25.5 Å². The molecule has 2 aliphatic heterocycles. The Morgan fingerprint density at radius 3 is 2.53 bits per heavy atom. The molecule has 1 aromatic carbocycles. The number of halogens is 1. The van der Waals surface area contributed by atoms with E-state index in [1.165, 1.54) is 5.56 Å². The number of benzene rings is 1. The average molecular weight is 513 g/mol. The molecule has 1 aromatic rings. The second-order valence-electron chi connectivity index (χ2n) is 10.8. The lowest BCUT2D eigenvalue weighted by atomic mass is 9.80. The highest BCUT2D eigenvalue weighted by Gasteiger charge is 2.64. The first-order valence-corrected chi connectivity index (χ1v) is 14.2. The highest BCUT2D eigenvalue weighted by Crippen LogP contribution is 2.56. The van der Waals surface area contributed by atoms with Gasteiger partial charge in [-0.3, -0.25) is 9.59 Å². The number of ether oxygens (including phenoxy) is 2. The fourth-order valence-electron chi connectivity index (χ4n) is 6.70. The fraction of sp³-hybridized carbons (Fsp3) is 0.613. The minimum atomic E-state index is -0.433. The smallest absolute Gasteiger partial charge is 0.306 e. The molecule has 2 saturated heterocycles. The first-order valence-electron chi connectivity index (χ1n) is 13.9. The van der Waals surface area contributed by atoms with Gasteiger partial charge in [0.2, 0.25) is 0 Å². The maximum absolute atomic E-state index is 13.9. The molecule has 4 nitrogen and oxygen atoms in total. The van der Waals surface area contributed by atoms with Crippen molar-refractivity contribution < 1.29 is 19.1 Å². The standard InChI is InChI=1S/C31H41ClO4/c1-5-7-8-9-14-25(33)36-31-28-24-16-15-23(35-24)27(28)30(34)29(31)26-19(3)17-21(18-20(26)4)12-10-13-22(32)11-6-2/h10-11,13,17-18,23-24,27-29,31H,5-9,12,14-16H2,1-4H3. The van der Waals surface area contributed by atoms with Crippen molar-refractivity contribution >= 4 is 23.4 Å². The molecule has 0 amide bonds. The molecule has 0 aromatic heterocycles. The molecule has 2 heterocycles. The zero-order valence-electron chi connectivity index (χ0n) is 22.2. The van der Waals surface area contributed by atoms with Crippen LogP contribution in [0.2, 0.25) is 0 Å². The molecule has 0 radical (unpaired) electrons. The lowest BCUT2D eigenvalue weighted by molar-refractivity contribution is -0.153. The van der Waals surface area contributed by atoms with Gasteiger partial charge < -0.3 is 9.47 Å². The van der Waals surface area contributed by atoms with Gasteiger partial charge in [-0.05, 0) is 74.3 Å². The molecular weight excluding hydrogens is 472 g/mol. The van der Waals surface area contributed by atoms with Crippen molar-refractivity contribution in [2.45, 2.75) is 110 Å². The summed E-state index contributed by atoms with van der Waals surface area (Å²) in [5.41, 5.74) is 4.40. The van der Waals surface area contributed by atoms with Crippen molar-refractivity contribution in [3.8, 4) is 0 Å². The zero-order valence-corrected chi connectivity index (χ0v) is 23.0. The maximum Gasteiger partial charge on any atom is 0.306 e. The second-order valence-corrected chi connectivity index (χ2v) is 11.2. The summed E-state index contributed by atoms with van der Waals surface area (Å²) in [6, 6.07) is 4.33. The molecule has 3 aliphatic rings. The molecule has 3 fully saturated rings. The number of carbonyl (C=O) groups excluding carboxylic acids is 2. The van der Waals surface area contributed by atoms with Gasteiger partial charge in [-0.2, -0.15) is 0 Å². The third kappa shape index (κ3) is 5.65. The highest BCUT2D eigenvalue weighted by atomic mass is 35.5. The van der Waals surface area contributed by atoms with Gasteiger partial charge in [0.25, 0.3) is 0 Å². The zero-order chi connectivity index (χ0) is 25.8. The molecule has 0 N–H and O–H groups in total. The van der Waals surface area contributed by atoms with Gasteiger partial charge in [-0.25, -0.2) is 0 Å². The topological polar surface area (TPSA) is 52.6 Å². The average Bonchev–Trinajstić information content (AvgIpc) is 3.51. The summed E-state index contributed by atoms with van der Waals surface area (Å²) in [6.45, 7) is 8.38. The van der Waals surface area contributed by atoms with Gasteiger partial charge in [0.1, 0.15) is 11.9 Å². The lowest BCUT2D eigenvalue weighted by Gasteiger charge is -2.28. The summed E-state index contributed by atoms with van der Waals surface area (Å²) in [6.07, 6.45) is 13.7. The highest BCUT2D eigenvalue weighted by molar-refractivity contribution is 6.31. The fourth-order valence-corrected chi connectivity index (χ4v) is 6.94. The number of unbranched alkanes of at least 4 members (excludes halogenated alkanes) is 3. The van der Waals surface area contributed by atoms with E-state index in [0.717, 1.165) is 73.1 Å². The van der Waals surface area contributed by atoms with Gasteiger partial charge in [0.15, 0.2) is 0 Å². The Labute approximate surface area is 221 Å². The first-order chi connectivity index (χ1) is 17.3. The number of fused-ring (bicyclic) bond motifs is 5. The van der Waals surface area contributed by atoms with E-state index in [-0.39, 0.29) is 35.8 Å². The van der Waals surface area contributed by atoms with E-state index in [1.807, 2.05) is 12.2 Å². The van der Waals surface area contributed by atoms with Crippen molar-refractivity contribution in [2.75, 3.05) is 0 Å². The minimum absolute atomic E-state index is 0.0188. The van der Waals surface area contributed by atoms with E-state index in [1.54, 1.807) is 0 Å². The van der Waals surface area contributed by atoms with Crippen molar-refractivity contribution in [1.29, 1.82) is 0 Å². The van der Waals surface area contributed by atoms with E-state index >= 15 is 0 Å². The van der Waals surface area contributed by atoms with Gasteiger partial charge >= 0.3 is 5.97 Å². The summed E-state index contributed by atoms with van der Waals surface area (Å²) >= 11 is 6.20. The van der Waals surface area contributed by atoms with Crippen LogP contribution in [0, 0.1) is 25.7 Å². The van der Waals surface area contributed by atoms with Crippen LogP contribution in [0.25, 0.3) is 0 Å². The number of esters is 1. The summed E-state index contributed by atoms with van der Waals surface area (Å²) in [7, 11) is 0. The predicted octanol–water partition coefficient (Wildman–Crippen LogP) is 7.28. The molecule has 5 heteroatoms. The van der Waals surface area contributed by atoms with E-state index in [4.69, 9.17) is 21.1 Å². The van der Waals surface area contributed by atoms with Crippen LogP contribution in [0.5, 0.6) is 0 Å². The number of aryl methyl sites for hydroxylation is 2. The predicted molar refractivity (Wildman–Crippen MR) is 144 cm³/mol. The monoisotopic (exact) mass is 512 g/mol. The molecular formula is C31H41ClO4. The molecule has 196 valence electrons. The summed E-state index contributed by atoms with van der Waals surface area (Å²) in [5, 5.41) is 0.752. The minimum Gasteiger partial charge on any atom is -0.461 e. The molecule has 6 atom stereocenters. The number of hydrogen-bond donors (Lipinski definition) is 0. The normalized spacial score (nSPS) is 29.4. The number of hydrogen-bond acceptors (Lipinski definition) is 4. The van der Waals surface area contributed by atoms with Gasteiger partial charge in [0, 0.05) is 17.4 Å². The number of carbonyl (C=O) groups is 2. The Morgan fingerprint density at radius 1 is 1.11 bits per heavy atom. The molecule has 0 spiro atoms. The van der Waals surface area contributed by atoms with Crippen LogP contribution in [0.15, 0.2) is 35.4 Å². The van der Waals surface area contributed by atoms with Crippen molar-refractivity contribution in [1.82, 2.24) is 0 Å². The van der Waals surface area contributed by atoms with Crippen molar-refractivity contribution in [3.63, 3.8) is 0 Å². The first kappa shape index (κ1) is 27.1. The Morgan fingerprint density at radius 2 is 1.83 bits per heavy atom. The van der Waals surface area contributed by atoms with Crippen molar-refractivity contribution in [2.24, 2.45) is 11.8 Å². The van der Waals surface area contributed by atoms with Crippen LogP contribution >= 0.6 is 11.6 Å². The van der Waals surface area contributed by atoms with Crippen LogP contribution in [0.3, 0.4) is 0 Å². The number of ketones is 1. The summed E-state index contributed by atoms with van der Waals surface area (Å²) in [4.78, 5) is 26.7. The molecule has 1 aliphatic carbocycles. The number of allylic oxidation sites excluding steroid dienone is 4. The molecule has 2 bridgehead atoms. The lowest BCUT2D eigenvalue weighted by Crippen LogP contribution is -2.35. The third-order valence-corrected chi connectivity index (χ3v) is 8.45. The van der Waals surface area contributed by atoms with Crippen LogP contribution in [0.4, 0.5) is 0 Å². The largest absolute Gasteiger partial charge is 0.461 e. The van der Waals surface area contributed by atoms with E-state index in [0.29, 0.717) is 6.42 Å². The van der Waals surface area contributed by atoms with Gasteiger partial charge in [-0.15, -0.1) is 0 Å². The SMILES string of the molecule is CCC=C(Cl)C=CCc1cc(C)c(C2C(=O)C3C4CCC(O4)C3C2OC(=O)CCCCCC)c(C)c1. The van der Waals surface area contributed by atoms with Gasteiger partial charge in [0.05, 0.1) is 24.0 Å². The summed E-state index contributed by atoms with van der Waals surface area (Å²) < 4.78 is 12.3. The second kappa shape index (κ2) is 12.1. The number of rotatable bonds is 11. The van der Waals surface area contributed by atoms with Gasteiger partial charge in [-0.1, -0.05) is 69.0 Å². The Hall–Kier alpha value is -1.91. The van der Waals surface area contributed by atoms with E-state index in [2.05, 4.69) is 45.9 Å². The van der Waals surface area contributed by atoms with Crippen LogP contribution in [-0.4, -0.2) is 30.1 Å². The van der Waals surface area contributed by atoms with Crippen LogP contribution < -0.4 is 0 Å². The molecule has 6 unspecified atom stereocenters. The Kier molecular flexibility index (Phi) is 9.11. The molecule has 4 rings (SSSR count). The van der Waals surface area contributed by atoms with E-state index in [9.17, 15) is 9.59 Å². The van der Waals surface area contributed by atoms with Crippen molar-refractivity contribution in [3.05, 3.63) is 57.6 Å². The maximum atomic E-state index is 13.9.